The van der Waals surface area contributed by atoms with Crippen molar-refractivity contribution in [3.63, 3.8) is 0 Å². The van der Waals surface area contributed by atoms with Crippen molar-refractivity contribution in [3.8, 4) is 0 Å². The molecule has 1 aliphatic rings. The molecule has 0 saturated carbocycles. The number of nitrogens with zero attached hydrogens (tertiary/aromatic N) is 1. The lowest BCUT2D eigenvalue weighted by Gasteiger charge is -2.30. The summed E-state index contributed by atoms with van der Waals surface area (Å²) in [4.78, 5) is 0. The molecule has 0 spiro atoms. The maximum atomic E-state index is 11.4. The minimum atomic E-state index is -2.99. The van der Waals surface area contributed by atoms with Crippen LogP contribution in [0.25, 0.3) is 0 Å². The fraction of sp³-hybridized carbons (Fsp3) is 0.750. The molecule has 0 aromatic heterocycles. The second kappa shape index (κ2) is 2.85. The zero-order valence-corrected chi connectivity index (χ0v) is 8.39. The standard InChI is InChI=1S/C8H15NO2S/c1-4-8(2,3)9-6-5-7-12(9,10)11/h4H,1,5-7H2,2-3H3. The highest BCUT2D eigenvalue weighted by Gasteiger charge is 2.37. The fourth-order valence-corrected chi connectivity index (χ4v) is 3.30. The van der Waals surface area contributed by atoms with E-state index in [1.54, 1.807) is 6.08 Å². The highest BCUT2D eigenvalue weighted by atomic mass is 32.2. The van der Waals surface area contributed by atoms with Crippen LogP contribution in [-0.2, 0) is 10.0 Å². The van der Waals surface area contributed by atoms with Crippen LogP contribution in [0.3, 0.4) is 0 Å². The lowest BCUT2D eigenvalue weighted by atomic mass is 10.1. The largest absolute Gasteiger partial charge is 0.214 e. The summed E-state index contributed by atoms with van der Waals surface area (Å²) in [6, 6.07) is 0. The van der Waals surface area contributed by atoms with E-state index in [1.807, 2.05) is 13.8 Å². The van der Waals surface area contributed by atoms with Gasteiger partial charge < -0.3 is 0 Å². The van der Waals surface area contributed by atoms with Gasteiger partial charge in [0, 0.05) is 12.1 Å². The van der Waals surface area contributed by atoms with Crippen LogP contribution in [0.15, 0.2) is 12.7 Å². The first-order valence-electron chi connectivity index (χ1n) is 4.04. The lowest BCUT2D eigenvalue weighted by Crippen LogP contribution is -2.43. The minimum absolute atomic E-state index is 0.282. The van der Waals surface area contributed by atoms with Gasteiger partial charge in [0.1, 0.15) is 0 Å². The molecule has 0 aromatic carbocycles. The molecule has 0 radical (unpaired) electrons. The molecule has 12 heavy (non-hydrogen) atoms. The Kier molecular flexibility index (Phi) is 2.31. The quantitative estimate of drug-likeness (QED) is 0.607. The summed E-state index contributed by atoms with van der Waals surface area (Å²) in [5.41, 5.74) is -0.435. The minimum Gasteiger partial charge on any atom is -0.212 e. The normalized spacial score (nSPS) is 24.2. The van der Waals surface area contributed by atoms with Crippen LogP contribution < -0.4 is 0 Å². The average Bonchev–Trinajstić information content (AvgIpc) is 2.30. The molecular formula is C8H15NO2S. The molecule has 0 aromatic rings. The van der Waals surface area contributed by atoms with Crippen LogP contribution in [0.5, 0.6) is 0 Å². The van der Waals surface area contributed by atoms with Gasteiger partial charge in [-0.25, -0.2) is 8.42 Å². The predicted molar refractivity (Wildman–Crippen MR) is 49.4 cm³/mol. The van der Waals surface area contributed by atoms with E-state index in [1.165, 1.54) is 4.31 Å². The van der Waals surface area contributed by atoms with Crippen LogP contribution in [0.1, 0.15) is 20.3 Å². The van der Waals surface area contributed by atoms with Gasteiger partial charge in [-0.1, -0.05) is 6.08 Å². The Morgan fingerprint density at radius 1 is 1.50 bits per heavy atom. The topological polar surface area (TPSA) is 37.4 Å². The molecule has 0 aliphatic carbocycles. The average molecular weight is 189 g/mol. The Balaban J connectivity index is 2.97. The summed E-state index contributed by atoms with van der Waals surface area (Å²) < 4.78 is 24.4. The zero-order chi connectivity index (χ0) is 9.41. The molecule has 0 amide bonds. The number of rotatable bonds is 2. The monoisotopic (exact) mass is 189 g/mol. The van der Waals surface area contributed by atoms with Gasteiger partial charge in [-0.05, 0) is 20.3 Å². The van der Waals surface area contributed by atoms with Crippen LogP contribution >= 0.6 is 0 Å². The van der Waals surface area contributed by atoms with Gasteiger partial charge in [-0.2, -0.15) is 4.31 Å². The molecule has 0 unspecified atom stereocenters. The molecule has 1 fully saturated rings. The molecule has 0 N–H and O–H groups in total. The fourth-order valence-electron chi connectivity index (χ4n) is 1.39. The van der Waals surface area contributed by atoms with Gasteiger partial charge in [-0.15, -0.1) is 6.58 Å². The van der Waals surface area contributed by atoms with E-state index in [4.69, 9.17) is 0 Å². The Morgan fingerprint density at radius 2 is 2.08 bits per heavy atom. The van der Waals surface area contributed by atoms with E-state index >= 15 is 0 Å². The van der Waals surface area contributed by atoms with Gasteiger partial charge in [0.2, 0.25) is 10.0 Å². The zero-order valence-electron chi connectivity index (χ0n) is 7.58. The van der Waals surface area contributed by atoms with E-state index in [0.29, 0.717) is 6.54 Å². The third kappa shape index (κ3) is 1.54. The number of hydrogen-bond donors (Lipinski definition) is 0. The van der Waals surface area contributed by atoms with Crippen molar-refractivity contribution >= 4 is 10.0 Å². The molecule has 1 rings (SSSR count). The summed E-state index contributed by atoms with van der Waals surface area (Å²) >= 11 is 0. The summed E-state index contributed by atoms with van der Waals surface area (Å²) in [5, 5.41) is 0. The van der Waals surface area contributed by atoms with Crippen LogP contribution in [-0.4, -0.2) is 30.6 Å². The summed E-state index contributed by atoms with van der Waals surface area (Å²) in [7, 11) is -2.99. The molecule has 0 atom stereocenters. The molecule has 3 nitrogen and oxygen atoms in total. The Labute approximate surface area is 74.1 Å². The second-order valence-corrected chi connectivity index (χ2v) is 5.61. The van der Waals surface area contributed by atoms with Gasteiger partial charge in [0.15, 0.2) is 0 Å². The third-order valence-corrected chi connectivity index (χ3v) is 4.37. The van der Waals surface area contributed by atoms with E-state index in [2.05, 4.69) is 6.58 Å². The van der Waals surface area contributed by atoms with E-state index in [-0.39, 0.29) is 5.75 Å². The first-order valence-corrected chi connectivity index (χ1v) is 5.65. The van der Waals surface area contributed by atoms with E-state index in [9.17, 15) is 8.42 Å². The summed E-state index contributed by atoms with van der Waals surface area (Å²) in [6.07, 6.45) is 2.41. The summed E-state index contributed by atoms with van der Waals surface area (Å²) in [5.74, 6) is 0.282. The van der Waals surface area contributed by atoms with Crippen molar-refractivity contribution in [2.24, 2.45) is 0 Å². The highest BCUT2D eigenvalue weighted by molar-refractivity contribution is 7.89. The number of sulfonamides is 1. The molecule has 1 heterocycles. The van der Waals surface area contributed by atoms with Gasteiger partial charge in [-0.3, -0.25) is 0 Å². The van der Waals surface area contributed by atoms with Gasteiger partial charge >= 0.3 is 0 Å². The van der Waals surface area contributed by atoms with Crippen LogP contribution in [0, 0.1) is 0 Å². The number of hydrogen-bond acceptors (Lipinski definition) is 2. The molecule has 70 valence electrons. The lowest BCUT2D eigenvalue weighted by molar-refractivity contribution is 0.302. The van der Waals surface area contributed by atoms with Crippen molar-refractivity contribution in [1.82, 2.24) is 4.31 Å². The summed E-state index contributed by atoms with van der Waals surface area (Å²) in [6.45, 7) is 7.99. The maximum Gasteiger partial charge on any atom is 0.214 e. The van der Waals surface area contributed by atoms with Crippen molar-refractivity contribution in [1.29, 1.82) is 0 Å². The van der Waals surface area contributed by atoms with Crippen molar-refractivity contribution in [3.05, 3.63) is 12.7 Å². The third-order valence-electron chi connectivity index (χ3n) is 2.24. The smallest absolute Gasteiger partial charge is 0.212 e. The molecule has 1 aliphatic heterocycles. The van der Waals surface area contributed by atoms with Crippen molar-refractivity contribution < 1.29 is 8.42 Å². The Morgan fingerprint density at radius 3 is 2.42 bits per heavy atom. The Hall–Kier alpha value is -0.350. The first-order chi connectivity index (χ1) is 5.40. The second-order valence-electron chi connectivity index (χ2n) is 3.60. The van der Waals surface area contributed by atoms with Crippen molar-refractivity contribution in [2.45, 2.75) is 25.8 Å². The van der Waals surface area contributed by atoms with Gasteiger partial charge in [0.25, 0.3) is 0 Å². The van der Waals surface area contributed by atoms with Crippen molar-refractivity contribution in [2.75, 3.05) is 12.3 Å². The molecular weight excluding hydrogens is 174 g/mol. The van der Waals surface area contributed by atoms with Crippen LogP contribution in [0.4, 0.5) is 0 Å². The SMILES string of the molecule is C=CC(C)(C)N1CCCS1(=O)=O. The molecule has 0 bridgehead atoms. The van der Waals surface area contributed by atoms with E-state index < -0.39 is 15.6 Å². The van der Waals surface area contributed by atoms with Crippen LogP contribution in [0.2, 0.25) is 0 Å². The molecule has 1 saturated heterocycles. The Bertz CT molecular complexity index is 279. The highest BCUT2D eigenvalue weighted by Crippen LogP contribution is 2.25. The maximum absolute atomic E-state index is 11.4. The predicted octanol–water partition coefficient (Wildman–Crippen LogP) is 0.987. The van der Waals surface area contributed by atoms with Gasteiger partial charge in [0.05, 0.1) is 5.75 Å². The molecule has 4 heteroatoms. The first kappa shape index (κ1) is 9.74. The van der Waals surface area contributed by atoms with E-state index in [0.717, 1.165) is 6.42 Å².